The molecule has 1 aromatic carbocycles. The number of nitrogens with zero attached hydrogens (tertiary/aromatic N) is 2. The predicted molar refractivity (Wildman–Crippen MR) is 131 cm³/mol. The number of ketones is 1. The van der Waals surface area contributed by atoms with Gasteiger partial charge in [-0.15, -0.1) is 0 Å². The Balaban J connectivity index is 1.57. The van der Waals surface area contributed by atoms with Crippen LogP contribution in [0, 0.1) is 5.41 Å². The number of hydrogen-bond acceptors (Lipinski definition) is 7. The van der Waals surface area contributed by atoms with E-state index in [2.05, 4.69) is 5.32 Å². The lowest BCUT2D eigenvalue weighted by Crippen LogP contribution is -2.50. The molecule has 10 nitrogen and oxygen atoms in total. The smallest absolute Gasteiger partial charge is 0.410 e. The Labute approximate surface area is 212 Å². The lowest BCUT2D eigenvalue weighted by molar-refractivity contribution is -0.135. The second-order valence-electron chi connectivity index (χ2n) is 10.4. The number of rotatable bonds is 6. The van der Waals surface area contributed by atoms with Crippen LogP contribution in [0.1, 0.15) is 45.6 Å². The topological polar surface area (TPSA) is 114 Å². The molecule has 3 amide bonds. The Morgan fingerprint density at radius 3 is 2.42 bits per heavy atom. The summed E-state index contributed by atoms with van der Waals surface area (Å²) in [6, 6.07) is 8.53. The third-order valence-corrected chi connectivity index (χ3v) is 6.04. The lowest BCUT2D eigenvalue weighted by Gasteiger charge is -2.31. The molecule has 2 aliphatic heterocycles. The summed E-state index contributed by atoms with van der Waals surface area (Å²) in [5, 5.41) is 2.77. The fraction of sp³-hybridized carbons (Fsp3) is 0.615. The summed E-state index contributed by atoms with van der Waals surface area (Å²) in [6.07, 6.45) is -0.968. The van der Waals surface area contributed by atoms with Crippen molar-refractivity contribution in [3.63, 3.8) is 0 Å². The zero-order valence-electron chi connectivity index (χ0n) is 21.4. The van der Waals surface area contributed by atoms with E-state index in [-0.39, 0.29) is 24.3 Å². The Bertz CT molecular complexity index is 910. The Hall–Kier alpha value is -3.14. The molecule has 3 rings (SSSR count). The number of ether oxygens (including phenoxy) is 3. The number of morpholine rings is 1. The van der Waals surface area contributed by atoms with E-state index < -0.39 is 30.2 Å². The second kappa shape index (κ2) is 12.7. The Morgan fingerprint density at radius 1 is 1.06 bits per heavy atom. The van der Waals surface area contributed by atoms with Gasteiger partial charge in [0.2, 0.25) is 0 Å². The van der Waals surface area contributed by atoms with E-state index in [0.717, 1.165) is 5.56 Å². The highest BCUT2D eigenvalue weighted by molar-refractivity contribution is 5.93. The zero-order chi connectivity index (χ0) is 26.1. The fourth-order valence-corrected chi connectivity index (χ4v) is 4.09. The molecule has 2 fully saturated rings. The molecule has 1 N–H and O–H groups in total. The van der Waals surface area contributed by atoms with E-state index in [0.29, 0.717) is 52.1 Å². The van der Waals surface area contributed by atoms with Crippen LogP contribution in [-0.2, 0) is 30.4 Å². The number of likely N-dealkylation sites (tertiary alicyclic amines) is 1. The highest BCUT2D eigenvalue weighted by Gasteiger charge is 2.35. The van der Waals surface area contributed by atoms with E-state index in [1.54, 1.807) is 0 Å². The van der Waals surface area contributed by atoms with Crippen molar-refractivity contribution in [3.05, 3.63) is 35.9 Å². The molecule has 0 spiro atoms. The summed E-state index contributed by atoms with van der Waals surface area (Å²) in [5.41, 5.74) is 0.564. The molecule has 0 bridgehead atoms. The molecule has 2 heterocycles. The number of carbonyl (C=O) groups excluding carboxylic acids is 4. The number of amides is 3. The van der Waals surface area contributed by atoms with Crippen LogP contribution in [0.25, 0.3) is 0 Å². The quantitative estimate of drug-likeness (QED) is 0.635. The summed E-state index contributed by atoms with van der Waals surface area (Å²) >= 11 is 0. The van der Waals surface area contributed by atoms with Gasteiger partial charge in [-0.05, 0) is 30.2 Å². The van der Waals surface area contributed by atoms with Crippen LogP contribution in [0.5, 0.6) is 0 Å². The lowest BCUT2D eigenvalue weighted by atomic mass is 9.88. The average molecular weight is 504 g/mol. The maximum atomic E-state index is 13.2. The monoisotopic (exact) mass is 503 g/mol. The van der Waals surface area contributed by atoms with Gasteiger partial charge in [0.25, 0.3) is 5.91 Å². The van der Waals surface area contributed by atoms with Gasteiger partial charge in [-0.1, -0.05) is 51.1 Å². The van der Waals surface area contributed by atoms with E-state index >= 15 is 0 Å². The minimum atomic E-state index is -1.04. The summed E-state index contributed by atoms with van der Waals surface area (Å²) in [4.78, 5) is 54.1. The molecule has 2 saturated heterocycles. The summed E-state index contributed by atoms with van der Waals surface area (Å²) in [7, 11) is 0. The van der Waals surface area contributed by atoms with Crippen molar-refractivity contribution in [3.8, 4) is 0 Å². The van der Waals surface area contributed by atoms with Crippen molar-refractivity contribution in [2.45, 2.75) is 58.8 Å². The standard InChI is InChI=1S/C26H37N3O7/c1-26(2,3)16-22(36-25(33)28-12-14-34-15-13-28)23(31)27-20-10-7-11-29(17-21(20)30)24(32)35-18-19-8-5-4-6-9-19/h4-6,8-9,20,22H,7,10-18H2,1-3H3,(H,27,31). The first-order valence-corrected chi connectivity index (χ1v) is 12.4. The van der Waals surface area contributed by atoms with Crippen LogP contribution in [0.2, 0.25) is 0 Å². The van der Waals surface area contributed by atoms with E-state index in [4.69, 9.17) is 14.2 Å². The molecule has 36 heavy (non-hydrogen) atoms. The maximum Gasteiger partial charge on any atom is 0.410 e. The van der Waals surface area contributed by atoms with Crippen molar-refractivity contribution in [1.82, 2.24) is 15.1 Å². The second-order valence-corrected chi connectivity index (χ2v) is 10.4. The first-order chi connectivity index (χ1) is 17.1. The van der Waals surface area contributed by atoms with Gasteiger partial charge >= 0.3 is 12.2 Å². The van der Waals surface area contributed by atoms with Gasteiger partial charge in [-0.3, -0.25) is 9.59 Å². The van der Waals surface area contributed by atoms with Crippen LogP contribution in [-0.4, -0.2) is 85.2 Å². The first kappa shape index (κ1) is 27.4. The average Bonchev–Trinajstić information content (AvgIpc) is 3.03. The number of carbonyl (C=O) groups is 4. The van der Waals surface area contributed by atoms with Gasteiger partial charge in [-0.25, -0.2) is 9.59 Å². The Morgan fingerprint density at radius 2 is 1.75 bits per heavy atom. The van der Waals surface area contributed by atoms with Crippen LogP contribution in [0.4, 0.5) is 9.59 Å². The SMILES string of the molecule is CC(C)(C)CC(OC(=O)N1CCOCC1)C(=O)NC1CCCN(C(=O)OCc2ccccc2)CC1=O. The molecule has 2 atom stereocenters. The van der Waals surface area contributed by atoms with Gasteiger partial charge in [0.15, 0.2) is 11.9 Å². The molecular formula is C26H37N3O7. The predicted octanol–water partition coefficient (Wildman–Crippen LogP) is 2.75. The molecule has 198 valence electrons. The van der Waals surface area contributed by atoms with Gasteiger partial charge < -0.3 is 29.3 Å². The minimum Gasteiger partial charge on any atom is -0.445 e. The fourth-order valence-electron chi connectivity index (χ4n) is 4.09. The number of nitrogens with one attached hydrogen (secondary N) is 1. The molecule has 0 radical (unpaired) electrons. The van der Waals surface area contributed by atoms with Crippen molar-refractivity contribution in [2.24, 2.45) is 5.41 Å². The van der Waals surface area contributed by atoms with Crippen LogP contribution in [0.15, 0.2) is 30.3 Å². The molecule has 2 unspecified atom stereocenters. The molecule has 10 heteroatoms. The third kappa shape index (κ3) is 8.51. The van der Waals surface area contributed by atoms with Crippen molar-refractivity contribution in [2.75, 3.05) is 39.4 Å². The van der Waals surface area contributed by atoms with Gasteiger partial charge in [0.05, 0.1) is 25.8 Å². The van der Waals surface area contributed by atoms with E-state index in [1.807, 2.05) is 51.1 Å². The first-order valence-electron chi connectivity index (χ1n) is 12.4. The highest BCUT2D eigenvalue weighted by atomic mass is 16.6. The largest absolute Gasteiger partial charge is 0.445 e. The van der Waals surface area contributed by atoms with E-state index in [9.17, 15) is 19.2 Å². The molecule has 0 aromatic heterocycles. The van der Waals surface area contributed by atoms with Crippen molar-refractivity contribution >= 4 is 23.9 Å². The molecular weight excluding hydrogens is 466 g/mol. The van der Waals surface area contributed by atoms with Crippen molar-refractivity contribution < 1.29 is 33.4 Å². The number of benzene rings is 1. The van der Waals surface area contributed by atoms with Crippen molar-refractivity contribution in [1.29, 1.82) is 0 Å². The molecule has 2 aliphatic rings. The summed E-state index contributed by atoms with van der Waals surface area (Å²) < 4.78 is 16.2. The highest BCUT2D eigenvalue weighted by Crippen LogP contribution is 2.24. The molecule has 0 saturated carbocycles. The summed E-state index contributed by atoms with van der Waals surface area (Å²) in [5.74, 6) is -0.795. The van der Waals surface area contributed by atoms with Gasteiger partial charge in [-0.2, -0.15) is 0 Å². The number of hydrogen-bond donors (Lipinski definition) is 1. The number of Topliss-reactive ketones (excluding diaryl/α,β-unsaturated/α-hetero) is 1. The van der Waals surface area contributed by atoms with Crippen LogP contribution >= 0.6 is 0 Å². The van der Waals surface area contributed by atoms with E-state index in [1.165, 1.54) is 9.80 Å². The molecule has 0 aliphatic carbocycles. The maximum absolute atomic E-state index is 13.2. The van der Waals surface area contributed by atoms with Gasteiger partial charge in [0.1, 0.15) is 6.61 Å². The van der Waals surface area contributed by atoms with Gasteiger partial charge in [0, 0.05) is 19.6 Å². The third-order valence-electron chi connectivity index (χ3n) is 6.04. The summed E-state index contributed by atoms with van der Waals surface area (Å²) in [6.45, 7) is 7.81. The zero-order valence-corrected chi connectivity index (χ0v) is 21.4. The minimum absolute atomic E-state index is 0.119. The normalized spacial score (nSPS) is 19.8. The molecule has 1 aromatic rings. The Kier molecular flexibility index (Phi) is 9.69. The van der Waals surface area contributed by atoms with Crippen LogP contribution in [0.3, 0.4) is 0 Å². The van der Waals surface area contributed by atoms with Crippen LogP contribution < -0.4 is 5.32 Å².